The van der Waals surface area contributed by atoms with Crippen molar-refractivity contribution in [1.82, 2.24) is 19.7 Å². The number of fused-ring (bicyclic) bond motifs is 1. The van der Waals surface area contributed by atoms with Crippen LogP contribution in [0.15, 0.2) is 35.1 Å². The average Bonchev–Trinajstić information content (AvgIpc) is 2.72. The van der Waals surface area contributed by atoms with E-state index in [4.69, 9.17) is 0 Å². The van der Waals surface area contributed by atoms with Gasteiger partial charge in [0.05, 0.1) is 11.1 Å². The largest absolute Gasteiger partial charge is 0.465 e. The van der Waals surface area contributed by atoms with Crippen LogP contribution < -0.4 is 10.9 Å². The number of rotatable bonds is 5. The van der Waals surface area contributed by atoms with E-state index in [1.807, 2.05) is 45.0 Å². The fraction of sp³-hybridized carbons (Fsp3) is 0.522. The molecule has 0 atom stereocenters. The molecule has 0 spiro atoms. The maximum absolute atomic E-state index is 12.8. The van der Waals surface area contributed by atoms with Crippen LogP contribution >= 0.6 is 0 Å². The van der Waals surface area contributed by atoms with Gasteiger partial charge in [-0.05, 0) is 39.7 Å². The minimum Gasteiger partial charge on any atom is -0.465 e. The molecule has 168 valence electrons. The summed E-state index contributed by atoms with van der Waals surface area (Å²) in [6.07, 6.45) is 0.670. The molecule has 1 aliphatic rings. The van der Waals surface area contributed by atoms with Crippen molar-refractivity contribution in [2.45, 2.75) is 51.7 Å². The Kier molecular flexibility index (Phi) is 6.69. The van der Waals surface area contributed by atoms with Gasteiger partial charge in [0.1, 0.15) is 0 Å². The van der Waals surface area contributed by atoms with Gasteiger partial charge < -0.3 is 24.8 Å². The molecule has 1 aromatic carbocycles. The second kappa shape index (κ2) is 9.09. The first-order chi connectivity index (χ1) is 14.6. The quantitative estimate of drug-likeness (QED) is 0.763. The van der Waals surface area contributed by atoms with E-state index >= 15 is 0 Å². The van der Waals surface area contributed by atoms with Crippen LogP contribution in [0.4, 0.5) is 4.79 Å². The fourth-order valence-electron chi connectivity index (χ4n) is 4.52. The van der Waals surface area contributed by atoms with E-state index in [0.29, 0.717) is 18.7 Å². The van der Waals surface area contributed by atoms with E-state index < -0.39 is 11.6 Å². The molecule has 3 rings (SSSR count). The Morgan fingerprint density at radius 2 is 1.81 bits per heavy atom. The Balaban J connectivity index is 1.72. The lowest BCUT2D eigenvalue weighted by Crippen LogP contribution is -2.54. The second-order valence-corrected chi connectivity index (χ2v) is 9.04. The number of piperidine rings is 1. The number of carboxylic acid groups (broad SMARTS) is 1. The summed E-state index contributed by atoms with van der Waals surface area (Å²) in [5.41, 5.74) is 0.499. The third-order valence-electron chi connectivity index (χ3n) is 5.98. The summed E-state index contributed by atoms with van der Waals surface area (Å²) in [5, 5.41) is 13.0. The van der Waals surface area contributed by atoms with Crippen molar-refractivity contribution in [3.05, 3.63) is 46.2 Å². The zero-order valence-corrected chi connectivity index (χ0v) is 18.7. The van der Waals surface area contributed by atoms with E-state index in [0.717, 1.165) is 36.8 Å². The molecule has 2 heterocycles. The number of nitrogens with zero attached hydrogens (tertiary/aromatic N) is 3. The molecule has 0 saturated carbocycles. The van der Waals surface area contributed by atoms with Gasteiger partial charge in [0.2, 0.25) is 0 Å². The standard InChI is InChI=1S/C23H32N4O4/c1-23(2,3)27(22(30)31)16-9-11-25(12-10-16)13-14-26-19-8-6-5-7-17(19)18(15-20(26)28)21(29)24-4/h5-8,15-16H,9-14H2,1-4H3,(H,24,29)(H,30,31). The van der Waals surface area contributed by atoms with Crippen molar-refractivity contribution in [2.75, 3.05) is 26.7 Å². The third kappa shape index (κ3) is 4.90. The topological polar surface area (TPSA) is 94.9 Å². The maximum Gasteiger partial charge on any atom is 0.407 e. The molecule has 1 aliphatic heterocycles. The Labute approximate surface area is 182 Å². The highest BCUT2D eigenvalue weighted by Crippen LogP contribution is 2.25. The third-order valence-corrected chi connectivity index (χ3v) is 5.98. The minimum atomic E-state index is -0.875. The predicted molar refractivity (Wildman–Crippen MR) is 121 cm³/mol. The van der Waals surface area contributed by atoms with Crippen LogP contribution in [0.1, 0.15) is 44.0 Å². The molecule has 8 nitrogen and oxygen atoms in total. The first-order valence-electron chi connectivity index (χ1n) is 10.7. The van der Waals surface area contributed by atoms with E-state index in [1.165, 1.54) is 6.07 Å². The number of benzene rings is 1. The van der Waals surface area contributed by atoms with Crippen molar-refractivity contribution < 1.29 is 14.7 Å². The lowest BCUT2D eigenvalue weighted by Gasteiger charge is -2.43. The molecule has 2 amide bonds. The lowest BCUT2D eigenvalue weighted by atomic mass is 9.97. The summed E-state index contributed by atoms with van der Waals surface area (Å²) in [5.74, 6) is -0.274. The van der Waals surface area contributed by atoms with Gasteiger partial charge in [0, 0.05) is 56.3 Å². The molecular formula is C23H32N4O4. The fourth-order valence-corrected chi connectivity index (χ4v) is 4.52. The molecule has 1 fully saturated rings. The van der Waals surface area contributed by atoms with Crippen molar-refractivity contribution in [3.63, 3.8) is 0 Å². The molecular weight excluding hydrogens is 396 g/mol. The normalized spacial score (nSPS) is 15.7. The molecule has 0 radical (unpaired) electrons. The van der Waals surface area contributed by atoms with Gasteiger partial charge in [0.25, 0.3) is 11.5 Å². The van der Waals surface area contributed by atoms with Gasteiger partial charge in [-0.15, -0.1) is 0 Å². The van der Waals surface area contributed by atoms with Crippen molar-refractivity contribution in [1.29, 1.82) is 0 Å². The number of carbonyl (C=O) groups excluding carboxylic acids is 1. The smallest absolute Gasteiger partial charge is 0.407 e. The van der Waals surface area contributed by atoms with Gasteiger partial charge in [-0.25, -0.2) is 4.79 Å². The monoisotopic (exact) mass is 428 g/mol. The molecule has 1 saturated heterocycles. The number of nitrogens with one attached hydrogen (secondary N) is 1. The number of hydrogen-bond acceptors (Lipinski definition) is 4. The first kappa shape index (κ1) is 22.8. The van der Waals surface area contributed by atoms with Crippen LogP contribution in [-0.2, 0) is 6.54 Å². The van der Waals surface area contributed by atoms with Crippen LogP contribution in [0.3, 0.4) is 0 Å². The highest BCUT2D eigenvalue weighted by Gasteiger charge is 2.35. The zero-order valence-electron chi connectivity index (χ0n) is 18.7. The van der Waals surface area contributed by atoms with Crippen molar-refractivity contribution >= 4 is 22.9 Å². The predicted octanol–water partition coefficient (Wildman–Crippen LogP) is 2.60. The van der Waals surface area contributed by atoms with Gasteiger partial charge in [-0.2, -0.15) is 0 Å². The lowest BCUT2D eigenvalue weighted by molar-refractivity contribution is 0.0417. The minimum absolute atomic E-state index is 0.00384. The van der Waals surface area contributed by atoms with E-state index in [2.05, 4.69) is 10.2 Å². The van der Waals surface area contributed by atoms with Crippen molar-refractivity contribution in [3.8, 4) is 0 Å². The summed E-state index contributed by atoms with van der Waals surface area (Å²) < 4.78 is 1.71. The Morgan fingerprint density at radius 1 is 1.16 bits per heavy atom. The number of carbonyl (C=O) groups is 2. The van der Waals surface area contributed by atoms with Gasteiger partial charge in [0.15, 0.2) is 0 Å². The van der Waals surface area contributed by atoms with Gasteiger partial charge in [-0.1, -0.05) is 18.2 Å². The first-order valence-corrected chi connectivity index (χ1v) is 10.7. The van der Waals surface area contributed by atoms with E-state index in [9.17, 15) is 19.5 Å². The molecule has 2 N–H and O–H groups in total. The van der Waals surface area contributed by atoms with E-state index in [-0.39, 0.29) is 17.5 Å². The Bertz CT molecular complexity index is 1020. The second-order valence-electron chi connectivity index (χ2n) is 9.04. The molecule has 0 bridgehead atoms. The summed E-state index contributed by atoms with van der Waals surface area (Å²) in [4.78, 5) is 40.5. The molecule has 0 unspecified atom stereocenters. The number of aromatic nitrogens is 1. The SMILES string of the molecule is CNC(=O)c1cc(=O)n(CCN2CCC(N(C(=O)O)C(C)(C)C)CC2)c2ccccc12. The highest BCUT2D eigenvalue weighted by molar-refractivity contribution is 6.06. The summed E-state index contributed by atoms with van der Waals surface area (Å²) in [6, 6.07) is 8.85. The molecule has 8 heteroatoms. The van der Waals surface area contributed by atoms with E-state index in [1.54, 1.807) is 16.5 Å². The van der Waals surface area contributed by atoms with Crippen LogP contribution in [0.5, 0.6) is 0 Å². The number of para-hydroxylation sites is 1. The molecule has 0 aliphatic carbocycles. The zero-order chi connectivity index (χ0) is 22.8. The summed E-state index contributed by atoms with van der Waals surface area (Å²) >= 11 is 0. The molecule has 2 aromatic rings. The molecule has 1 aromatic heterocycles. The number of likely N-dealkylation sites (tertiary alicyclic amines) is 1. The Hall–Kier alpha value is -2.87. The maximum atomic E-state index is 12.8. The van der Waals surface area contributed by atoms with Gasteiger partial charge in [-0.3, -0.25) is 9.59 Å². The van der Waals surface area contributed by atoms with Crippen LogP contribution in [0, 0.1) is 0 Å². The van der Waals surface area contributed by atoms with Crippen LogP contribution in [-0.4, -0.2) is 69.7 Å². The van der Waals surface area contributed by atoms with Crippen molar-refractivity contribution in [2.24, 2.45) is 0 Å². The Morgan fingerprint density at radius 3 is 2.39 bits per heavy atom. The van der Waals surface area contributed by atoms with Crippen LogP contribution in [0.25, 0.3) is 10.9 Å². The van der Waals surface area contributed by atoms with Crippen LogP contribution in [0.2, 0.25) is 0 Å². The molecule has 31 heavy (non-hydrogen) atoms. The highest BCUT2D eigenvalue weighted by atomic mass is 16.4. The summed E-state index contributed by atoms with van der Waals surface area (Å²) in [7, 11) is 1.55. The number of amides is 2. The summed E-state index contributed by atoms with van der Waals surface area (Å²) in [6.45, 7) is 8.55. The average molecular weight is 429 g/mol. The number of hydrogen-bond donors (Lipinski definition) is 2. The number of pyridine rings is 1. The van der Waals surface area contributed by atoms with Gasteiger partial charge >= 0.3 is 6.09 Å².